The number of hydrogen-bond donors (Lipinski definition) is 1. The van der Waals surface area contributed by atoms with Crippen molar-refractivity contribution in [1.82, 2.24) is 25.0 Å². The number of aromatic amines is 1. The lowest BCUT2D eigenvalue weighted by molar-refractivity contribution is 0.0779. The zero-order chi connectivity index (χ0) is 11.3. The van der Waals surface area contributed by atoms with Crippen LogP contribution in [0.2, 0.25) is 0 Å². The zero-order valence-electron chi connectivity index (χ0n) is 9.40. The Hall–Kier alpha value is -1.43. The van der Waals surface area contributed by atoms with Gasteiger partial charge in [-0.1, -0.05) is 0 Å². The number of rotatable bonds is 5. The average Bonchev–Trinajstić information content (AvgIpc) is 2.68. The number of hydrogen-bond acceptors (Lipinski definition) is 4. The predicted octanol–water partition coefficient (Wildman–Crippen LogP) is -0.172. The minimum absolute atomic E-state index is 0.119. The minimum Gasteiger partial charge on any atom is -0.339 e. The topological polar surface area (TPSA) is 65.1 Å². The molecule has 1 amide bonds. The monoisotopic (exact) mass is 211 g/mol. The molecule has 1 rings (SSSR count). The summed E-state index contributed by atoms with van der Waals surface area (Å²) in [5.41, 5.74) is 0. The van der Waals surface area contributed by atoms with E-state index in [0.717, 1.165) is 19.5 Å². The Labute approximate surface area is 89.3 Å². The van der Waals surface area contributed by atoms with E-state index in [4.69, 9.17) is 0 Å². The highest BCUT2D eigenvalue weighted by atomic mass is 16.2. The van der Waals surface area contributed by atoms with E-state index in [-0.39, 0.29) is 5.91 Å². The van der Waals surface area contributed by atoms with Gasteiger partial charge in [0.2, 0.25) is 5.82 Å². The maximum atomic E-state index is 11.7. The first-order chi connectivity index (χ1) is 7.11. The lowest BCUT2D eigenvalue weighted by Gasteiger charge is -2.16. The third-order valence-electron chi connectivity index (χ3n) is 2.06. The van der Waals surface area contributed by atoms with Crippen LogP contribution in [-0.4, -0.2) is 65.1 Å². The molecule has 0 bridgehead atoms. The fourth-order valence-electron chi connectivity index (χ4n) is 1.21. The van der Waals surface area contributed by atoms with E-state index in [1.165, 1.54) is 6.33 Å². The van der Waals surface area contributed by atoms with Gasteiger partial charge in [-0.2, -0.15) is 5.10 Å². The van der Waals surface area contributed by atoms with Crippen molar-refractivity contribution in [2.45, 2.75) is 6.42 Å². The third kappa shape index (κ3) is 3.67. The maximum absolute atomic E-state index is 11.7. The number of amides is 1. The molecule has 6 nitrogen and oxygen atoms in total. The summed E-state index contributed by atoms with van der Waals surface area (Å²) in [5.74, 6) is 0.175. The van der Waals surface area contributed by atoms with Crippen molar-refractivity contribution in [2.24, 2.45) is 0 Å². The van der Waals surface area contributed by atoms with Gasteiger partial charge in [-0.05, 0) is 27.1 Å². The summed E-state index contributed by atoms with van der Waals surface area (Å²) in [5, 5.41) is 6.20. The molecule has 6 heteroatoms. The molecule has 0 aliphatic heterocycles. The Kier molecular flexibility index (Phi) is 4.23. The standard InChI is InChI=1S/C9H17N5O/c1-13(2)5-4-6-14(3)9(15)8-10-7-11-12-8/h7H,4-6H2,1-3H3,(H,10,11,12). The average molecular weight is 211 g/mol. The molecule has 0 aromatic carbocycles. The summed E-state index contributed by atoms with van der Waals surface area (Å²) in [6.45, 7) is 1.69. The van der Waals surface area contributed by atoms with Crippen molar-refractivity contribution in [1.29, 1.82) is 0 Å². The molecule has 0 spiro atoms. The molecule has 1 aromatic rings. The first kappa shape index (κ1) is 11.6. The van der Waals surface area contributed by atoms with Gasteiger partial charge in [0, 0.05) is 13.6 Å². The second-order valence-corrected chi connectivity index (χ2v) is 3.72. The molecule has 0 fully saturated rings. The molecular formula is C9H17N5O. The summed E-state index contributed by atoms with van der Waals surface area (Å²) in [6, 6.07) is 0. The second-order valence-electron chi connectivity index (χ2n) is 3.72. The van der Waals surface area contributed by atoms with Crippen molar-refractivity contribution >= 4 is 5.91 Å². The molecule has 0 aliphatic rings. The fourth-order valence-corrected chi connectivity index (χ4v) is 1.21. The molecule has 1 N–H and O–H groups in total. The van der Waals surface area contributed by atoms with E-state index in [2.05, 4.69) is 20.1 Å². The number of H-pyrrole nitrogens is 1. The zero-order valence-corrected chi connectivity index (χ0v) is 9.40. The lowest BCUT2D eigenvalue weighted by atomic mass is 10.3. The van der Waals surface area contributed by atoms with Gasteiger partial charge >= 0.3 is 0 Å². The number of nitrogens with one attached hydrogen (secondary N) is 1. The van der Waals surface area contributed by atoms with Crippen LogP contribution >= 0.6 is 0 Å². The smallest absolute Gasteiger partial charge is 0.290 e. The van der Waals surface area contributed by atoms with Gasteiger partial charge in [-0.25, -0.2) is 4.98 Å². The molecule has 0 radical (unpaired) electrons. The van der Waals surface area contributed by atoms with Crippen LogP contribution < -0.4 is 0 Å². The number of nitrogens with zero attached hydrogens (tertiary/aromatic N) is 4. The Morgan fingerprint density at radius 3 is 2.67 bits per heavy atom. The minimum atomic E-state index is -0.119. The molecule has 0 atom stereocenters. The van der Waals surface area contributed by atoms with Crippen LogP contribution in [0.15, 0.2) is 6.33 Å². The molecule has 1 aromatic heterocycles. The predicted molar refractivity (Wildman–Crippen MR) is 56.5 cm³/mol. The molecule has 0 saturated heterocycles. The SMILES string of the molecule is CN(C)CCCN(C)C(=O)c1ncn[nH]1. The Morgan fingerprint density at radius 2 is 2.13 bits per heavy atom. The number of carbonyl (C=O) groups excluding carboxylic acids is 1. The van der Waals surface area contributed by atoms with Crippen LogP contribution in [0.25, 0.3) is 0 Å². The van der Waals surface area contributed by atoms with Gasteiger partial charge in [0.25, 0.3) is 5.91 Å². The molecule has 1 heterocycles. The van der Waals surface area contributed by atoms with E-state index >= 15 is 0 Å². The summed E-state index contributed by atoms with van der Waals surface area (Å²) in [7, 11) is 5.79. The first-order valence-electron chi connectivity index (χ1n) is 4.87. The lowest BCUT2D eigenvalue weighted by Crippen LogP contribution is -2.30. The Balaban J connectivity index is 2.34. The van der Waals surface area contributed by atoms with E-state index in [1.807, 2.05) is 14.1 Å². The van der Waals surface area contributed by atoms with Crippen LogP contribution in [0, 0.1) is 0 Å². The van der Waals surface area contributed by atoms with Crippen molar-refractivity contribution < 1.29 is 4.79 Å². The first-order valence-corrected chi connectivity index (χ1v) is 4.87. The fraction of sp³-hybridized carbons (Fsp3) is 0.667. The van der Waals surface area contributed by atoms with E-state index in [0.29, 0.717) is 5.82 Å². The quantitative estimate of drug-likeness (QED) is 0.734. The van der Waals surface area contributed by atoms with Gasteiger partial charge in [0.1, 0.15) is 6.33 Å². The normalized spacial score (nSPS) is 10.7. The van der Waals surface area contributed by atoms with E-state index in [9.17, 15) is 4.79 Å². The third-order valence-corrected chi connectivity index (χ3v) is 2.06. The van der Waals surface area contributed by atoms with Crippen molar-refractivity contribution in [3.8, 4) is 0 Å². The van der Waals surface area contributed by atoms with Gasteiger partial charge in [0.15, 0.2) is 0 Å². The van der Waals surface area contributed by atoms with E-state index in [1.54, 1.807) is 11.9 Å². The van der Waals surface area contributed by atoms with E-state index < -0.39 is 0 Å². The summed E-state index contributed by atoms with van der Waals surface area (Å²) >= 11 is 0. The molecular weight excluding hydrogens is 194 g/mol. The highest BCUT2D eigenvalue weighted by molar-refractivity contribution is 5.90. The second kappa shape index (κ2) is 5.45. The maximum Gasteiger partial charge on any atom is 0.290 e. The van der Waals surface area contributed by atoms with Crippen molar-refractivity contribution in [2.75, 3.05) is 34.2 Å². The molecule has 15 heavy (non-hydrogen) atoms. The summed E-state index contributed by atoms with van der Waals surface area (Å²) in [6.07, 6.45) is 2.28. The van der Waals surface area contributed by atoms with Gasteiger partial charge < -0.3 is 9.80 Å². The van der Waals surface area contributed by atoms with Gasteiger partial charge in [-0.3, -0.25) is 9.89 Å². The summed E-state index contributed by atoms with van der Waals surface area (Å²) < 4.78 is 0. The largest absolute Gasteiger partial charge is 0.339 e. The highest BCUT2D eigenvalue weighted by Gasteiger charge is 2.13. The number of aromatic nitrogens is 3. The van der Waals surface area contributed by atoms with Crippen LogP contribution in [0.5, 0.6) is 0 Å². The van der Waals surface area contributed by atoms with Crippen molar-refractivity contribution in [3.05, 3.63) is 12.2 Å². The Morgan fingerprint density at radius 1 is 1.40 bits per heavy atom. The van der Waals surface area contributed by atoms with Crippen LogP contribution in [0.1, 0.15) is 17.0 Å². The number of carbonyl (C=O) groups is 1. The highest BCUT2D eigenvalue weighted by Crippen LogP contribution is 1.96. The van der Waals surface area contributed by atoms with Crippen LogP contribution in [-0.2, 0) is 0 Å². The Bertz CT molecular complexity index is 295. The van der Waals surface area contributed by atoms with Crippen LogP contribution in [0.3, 0.4) is 0 Å². The van der Waals surface area contributed by atoms with Crippen LogP contribution in [0.4, 0.5) is 0 Å². The van der Waals surface area contributed by atoms with Crippen molar-refractivity contribution in [3.63, 3.8) is 0 Å². The molecule has 0 unspecified atom stereocenters. The molecule has 84 valence electrons. The molecule has 0 aliphatic carbocycles. The molecule has 0 saturated carbocycles. The van der Waals surface area contributed by atoms with Gasteiger partial charge in [-0.15, -0.1) is 0 Å². The van der Waals surface area contributed by atoms with Gasteiger partial charge in [0.05, 0.1) is 0 Å². The summed E-state index contributed by atoms with van der Waals surface area (Å²) in [4.78, 5) is 19.2.